The minimum atomic E-state index is -1.03. The van der Waals surface area contributed by atoms with Crippen molar-refractivity contribution >= 4 is 17.0 Å². The molecule has 0 saturated heterocycles. The van der Waals surface area contributed by atoms with Crippen LogP contribution in [0.15, 0.2) is 6.33 Å². The lowest BCUT2D eigenvalue weighted by molar-refractivity contribution is -0.00511. The third kappa shape index (κ3) is 1.74. The maximum Gasteiger partial charge on any atom is 0.184 e. The Balaban J connectivity index is 2.04. The number of hydrogen-bond acceptors (Lipinski definition) is 8. The van der Waals surface area contributed by atoms with Crippen molar-refractivity contribution in [2.45, 2.75) is 24.7 Å². The number of fused-ring (bicyclic) bond motifs is 1. The summed E-state index contributed by atoms with van der Waals surface area (Å²) in [6.07, 6.45) is -0.341. The first kappa shape index (κ1) is 12.2. The molecular weight excluding hydrogens is 252 g/mol. The first-order valence-electron chi connectivity index (χ1n) is 5.92. The van der Waals surface area contributed by atoms with E-state index in [2.05, 4.69) is 20.3 Å². The van der Waals surface area contributed by atoms with Gasteiger partial charge in [0.2, 0.25) is 0 Å². The van der Waals surface area contributed by atoms with Gasteiger partial charge in [0.25, 0.3) is 0 Å². The highest BCUT2D eigenvalue weighted by Gasteiger charge is 2.43. The number of rotatable bonds is 2. The molecule has 2 aromatic rings. The van der Waals surface area contributed by atoms with Gasteiger partial charge in [-0.25, -0.2) is 14.6 Å². The van der Waals surface area contributed by atoms with E-state index >= 15 is 0 Å². The van der Waals surface area contributed by atoms with Crippen LogP contribution < -0.4 is 5.73 Å². The zero-order valence-corrected chi connectivity index (χ0v) is 9.96. The number of aromatic nitrogens is 5. The van der Waals surface area contributed by atoms with Crippen LogP contribution in [0.1, 0.15) is 12.5 Å². The van der Waals surface area contributed by atoms with Crippen LogP contribution in [-0.4, -0.2) is 59.1 Å². The minimum absolute atomic E-state index is 0.196. The lowest BCUT2D eigenvalue weighted by Gasteiger charge is -2.16. The van der Waals surface area contributed by atoms with Gasteiger partial charge < -0.3 is 21.1 Å². The average Bonchev–Trinajstić information content (AvgIpc) is 2.94. The van der Waals surface area contributed by atoms with Crippen LogP contribution >= 0.6 is 0 Å². The van der Waals surface area contributed by atoms with Crippen molar-refractivity contribution in [3.8, 4) is 0 Å². The molecule has 4 atom stereocenters. The molecule has 102 valence electrons. The third-order valence-electron chi connectivity index (χ3n) is 3.61. The van der Waals surface area contributed by atoms with Gasteiger partial charge in [-0.15, -0.1) is 5.10 Å². The summed E-state index contributed by atoms with van der Waals surface area (Å²) in [7, 11) is 0. The molecule has 2 heterocycles. The van der Waals surface area contributed by atoms with Crippen molar-refractivity contribution in [2.75, 3.05) is 12.3 Å². The van der Waals surface area contributed by atoms with Gasteiger partial charge in [0.05, 0.1) is 12.1 Å². The maximum atomic E-state index is 10.0. The number of nitrogen functional groups attached to an aromatic ring is 1. The first-order chi connectivity index (χ1) is 9.13. The summed E-state index contributed by atoms with van der Waals surface area (Å²) >= 11 is 0. The molecule has 9 heteroatoms. The number of aliphatic hydroxyl groups is 3. The molecule has 0 unspecified atom stereocenters. The van der Waals surface area contributed by atoms with Gasteiger partial charge in [0, 0.05) is 12.5 Å². The Morgan fingerprint density at radius 1 is 1.32 bits per heavy atom. The van der Waals surface area contributed by atoms with Gasteiger partial charge in [-0.05, 0) is 6.42 Å². The lowest BCUT2D eigenvalue weighted by atomic mass is 10.1. The summed E-state index contributed by atoms with van der Waals surface area (Å²) in [6.45, 7) is -0.196. The molecule has 3 rings (SSSR count). The Labute approximate surface area is 107 Å². The second-order valence-electron chi connectivity index (χ2n) is 4.69. The highest BCUT2D eigenvalue weighted by Crippen LogP contribution is 2.35. The van der Waals surface area contributed by atoms with E-state index in [1.807, 2.05) is 0 Å². The Bertz CT molecular complexity index is 602. The van der Waals surface area contributed by atoms with Gasteiger partial charge in [-0.2, -0.15) is 0 Å². The summed E-state index contributed by atoms with van der Waals surface area (Å²) < 4.78 is 1.43. The third-order valence-corrected chi connectivity index (χ3v) is 3.61. The van der Waals surface area contributed by atoms with Crippen LogP contribution in [0.2, 0.25) is 0 Å². The second kappa shape index (κ2) is 4.37. The van der Waals surface area contributed by atoms with Crippen molar-refractivity contribution in [1.29, 1.82) is 0 Å². The summed E-state index contributed by atoms with van der Waals surface area (Å²) in [6, 6.07) is -0.494. The van der Waals surface area contributed by atoms with Crippen molar-refractivity contribution in [1.82, 2.24) is 25.0 Å². The number of hydrogen-bond donors (Lipinski definition) is 4. The van der Waals surface area contributed by atoms with E-state index in [9.17, 15) is 10.2 Å². The van der Waals surface area contributed by atoms with Gasteiger partial charge >= 0.3 is 0 Å². The van der Waals surface area contributed by atoms with Crippen molar-refractivity contribution in [3.05, 3.63) is 6.33 Å². The zero-order chi connectivity index (χ0) is 13.6. The molecule has 0 aromatic carbocycles. The van der Waals surface area contributed by atoms with E-state index in [1.165, 1.54) is 11.0 Å². The summed E-state index contributed by atoms with van der Waals surface area (Å²) in [5.41, 5.74) is 6.43. The molecule has 19 heavy (non-hydrogen) atoms. The summed E-state index contributed by atoms with van der Waals surface area (Å²) in [4.78, 5) is 7.86. The molecule has 1 fully saturated rings. The Hall–Kier alpha value is -1.84. The highest BCUT2D eigenvalue weighted by atomic mass is 16.3. The molecule has 0 amide bonds. The standard InChI is InChI=1S/C10H14N6O3/c11-9-6-10(13-3-12-9)16(15-14-6)5-1-4(2-17)7(18)8(5)19/h3-5,7-8,17-19H,1-2H2,(H2,11,12,13)/t4-,5-,7-,8+/m1/s1. The molecule has 0 spiro atoms. The van der Waals surface area contributed by atoms with Crippen LogP contribution in [0.4, 0.5) is 5.82 Å². The van der Waals surface area contributed by atoms with Crippen LogP contribution in [0.5, 0.6) is 0 Å². The number of aliphatic hydroxyl groups excluding tert-OH is 3. The topological polar surface area (TPSA) is 143 Å². The number of anilines is 1. The second-order valence-corrected chi connectivity index (χ2v) is 4.69. The van der Waals surface area contributed by atoms with Crippen molar-refractivity contribution in [2.24, 2.45) is 5.92 Å². The van der Waals surface area contributed by atoms with Crippen LogP contribution in [0, 0.1) is 5.92 Å². The van der Waals surface area contributed by atoms with E-state index < -0.39 is 24.2 Å². The summed E-state index contributed by atoms with van der Waals surface area (Å²) in [5, 5.41) is 36.8. The molecule has 1 aliphatic carbocycles. The lowest BCUT2D eigenvalue weighted by Crippen LogP contribution is -2.30. The molecule has 0 aliphatic heterocycles. The van der Waals surface area contributed by atoms with Crippen molar-refractivity contribution < 1.29 is 15.3 Å². The van der Waals surface area contributed by atoms with E-state index in [-0.39, 0.29) is 12.4 Å². The number of nitrogens with zero attached hydrogens (tertiary/aromatic N) is 5. The Morgan fingerprint density at radius 2 is 2.11 bits per heavy atom. The van der Waals surface area contributed by atoms with Crippen LogP contribution in [-0.2, 0) is 0 Å². The largest absolute Gasteiger partial charge is 0.396 e. The molecular formula is C10H14N6O3. The molecule has 1 saturated carbocycles. The normalized spacial score (nSPS) is 31.1. The van der Waals surface area contributed by atoms with Gasteiger partial charge in [-0.1, -0.05) is 5.21 Å². The molecule has 2 aromatic heterocycles. The van der Waals surface area contributed by atoms with Gasteiger partial charge in [0.1, 0.15) is 12.4 Å². The number of nitrogens with two attached hydrogens (primary N) is 1. The van der Waals surface area contributed by atoms with E-state index in [0.717, 1.165) is 0 Å². The quantitative estimate of drug-likeness (QED) is 0.492. The predicted molar refractivity (Wildman–Crippen MR) is 63.8 cm³/mol. The SMILES string of the molecule is Nc1ncnc2c1nnn2[C@@H]1C[C@H](CO)[C@@H](O)[C@H]1O. The van der Waals surface area contributed by atoms with Gasteiger partial charge in [0.15, 0.2) is 17.0 Å². The first-order valence-corrected chi connectivity index (χ1v) is 5.92. The summed E-state index contributed by atoms with van der Waals surface area (Å²) in [5.74, 6) is -0.179. The Morgan fingerprint density at radius 3 is 2.79 bits per heavy atom. The molecule has 0 bridgehead atoms. The molecule has 0 radical (unpaired) electrons. The van der Waals surface area contributed by atoms with E-state index in [1.54, 1.807) is 0 Å². The minimum Gasteiger partial charge on any atom is -0.396 e. The average molecular weight is 266 g/mol. The van der Waals surface area contributed by atoms with Crippen molar-refractivity contribution in [3.63, 3.8) is 0 Å². The molecule has 9 nitrogen and oxygen atoms in total. The zero-order valence-electron chi connectivity index (χ0n) is 9.96. The monoisotopic (exact) mass is 266 g/mol. The van der Waals surface area contributed by atoms with Crippen LogP contribution in [0.25, 0.3) is 11.2 Å². The van der Waals surface area contributed by atoms with E-state index in [0.29, 0.717) is 17.6 Å². The molecule has 5 N–H and O–H groups in total. The highest BCUT2D eigenvalue weighted by molar-refractivity contribution is 5.80. The smallest absolute Gasteiger partial charge is 0.184 e. The van der Waals surface area contributed by atoms with E-state index in [4.69, 9.17) is 10.8 Å². The maximum absolute atomic E-state index is 10.0. The van der Waals surface area contributed by atoms with Crippen LogP contribution in [0.3, 0.4) is 0 Å². The predicted octanol–water partition coefficient (Wildman–Crippen LogP) is -1.92. The fourth-order valence-electron chi connectivity index (χ4n) is 2.53. The molecule has 1 aliphatic rings. The fraction of sp³-hybridized carbons (Fsp3) is 0.600. The Kier molecular flexibility index (Phi) is 2.81. The fourth-order valence-corrected chi connectivity index (χ4v) is 2.53. The van der Waals surface area contributed by atoms with Gasteiger partial charge in [-0.3, -0.25) is 0 Å².